The minimum Gasteiger partial charge on any atom is -0.501 e. The number of methoxy groups -OCH3 is 1. The van der Waals surface area contributed by atoms with Crippen molar-refractivity contribution in [1.29, 1.82) is 5.26 Å². The molecule has 1 saturated heterocycles. The van der Waals surface area contributed by atoms with Crippen LogP contribution >= 0.6 is 0 Å². The molecule has 0 aromatic heterocycles. The second-order valence-electron chi connectivity index (χ2n) is 8.87. The lowest BCUT2D eigenvalue weighted by atomic mass is 9.92. The van der Waals surface area contributed by atoms with Gasteiger partial charge < -0.3 is 20.5 Å². The Balaban J connectivity index is 2.24. The number of hydrogen-bond acceptors (Lipinski definition) is 8. The molecule has 3 aliphatic rings. The molecular formula is C26H34F2N6O2. The van der Waals surface area contributed by atoms with Crippen LogP contribution in [0.3, 0.4) is 0 Å². The fourth-order valence-corrected chi connectivity index (χ4v) is 4.68. The van der Waals surface area contributed by atoms with Crippen LogP contribution in [-0.4, -0.2) is 72.9 Å². The average Bonchev–Trinajstić information content (AvgIpc) is 3.02. The van der Waals surface area contributed by atoms with E-state index in [0.29, 0.717) is 47.8 Å². The molecule has 1 aliphatic carbocycles. The van der Waals surface area contributed by atoms with Gasteiger partial charge in [0.15, 0.2) is 0 Å². The largest absolute Gasteiger partial charge is 0.501 e. The van der Waals surface area contributed by atoms with Gasteiger partial charge in [0.25, 0.3) is 0 Å². The number of hydrogen-bond donors (Lipinski definition) is 3. The van der Waals surface area contributed by atoms with Gasteiger partial charge in [0.2, 0.25) is 0 Å². The molecule has 8 nitrogen and oxygen atoms in total. The van der Waals surface area contributed by atoms with Crippen LogP contribution in [0.2, 0.25) is 0 Å². The van der Waals surface area contributed by atoms with Gasteiger partial charge in [0.05, 0.1) is 44.6 Å². The van der Waals surface area contributed by atoms with Crippen LogP contribution in [0.4, 0.5) is 8.78 Å². The highest BCUT2D eigenvalue weighted by molar-refractivity contribution is 5.57. The van der Waals surface area contributed by atoms with Crippen LogP contribution in [-0.2, 0) is 4.74 Å². The number of nitriles is 1. The fourth-order valence-electron chi connectivity index (χ4n) is 4.68. The third-order valence-electron chi connectivity index (χ3n) is 6.34. The topological polar surface area (TPSA) is 101 Å². The molecule has 2 aliphatic heterocycles. The van der Waals surface area contributed by atoms with E-state index in [2.05, 4.69) is 16.8 Å². The molecule has 10 heteroatoms. The molecule has 0 aromatic carbocycles. The van der Waals surface area contributed by atoms with Crippen LogP contribution in [0, 0.1) is 11.3 Å². The summed E-state index contributed by atoms with van der Waals surface area (Å²) in [6.07, 6.45) is 8.23. The summed E-state index contributed by atoms with van der Waals surface area (Å²) in [5.74, 6) is -0.697. The van der Waals surface area contributed by atoms with Crippen molar-refractivity contribution in [1.82, 2.24) is 20.0 Å². The van der Waals surface area contributed by atoms with Crippen LogP contribution < -0.4 is 11.1 Å². The van der Waals surface area contributed by atoms with Crippen LogP contribution in [0.1, 0.15) is 19.3 Å². The van der Waals surface area contributed by atoms with Gasteiger partial charge in [-0.1, -0.05) is 24.8 Å². The molecule has 3 atom stereocenters. The van der Waals surface area contributed by atoms with Gasteiger partial charge in [0.1, 0.15) is 29.9 Å². The summed E-state index contributed by atoms with van der Waals surface area (Å²) in [4.78, 5) is 5.77. The highest BCUT2D eigenvalue weighted by Gasteiger charge is 2.41. The number of aliphatic hydroxyl groups excluding tert-OH is 1. The number of halogens is 2. The quantitative estimate of drug-likeness (QED) is 0.459. The SMILES string of the molecule is C=C(F)/C=C(\C=C/CC#N)C1=C(C2=CC=C(OC)CC(F)=C2)C(O)N(C)C(N2CCC(N)NC2)N1C. The fraction of sp³-hybridized carbons (Fsp3) is 0.423. The second-order valence-corrected chi connectivity index (χ2v) is 8.87. The number of nitrogens with two attached hydrogens (primary N) is 1. The van der Waals surface area contributed by atoms with Gasteiger partial charge in [-0.3, -0.25) is 10.2 Å². The van der Waals surface area contributed by atoms with Gasteiger partial charge in [-0.25, -0.2) is 13.7 Å². The van der Waals surface area contributed by atoms with E-state index in [-0.39, 0.29) is 19.0 Å². The Hall–Kier alpha value is -3.07. The average molecular weight is 501 g/mol. The number of rotatable bonds is 7. The third-order valence-corrected chi connectivity index (χ3v) is 6.34. The lowest BCUT2D eigenvalue weighted by Gasteiger charge is -2.52. The maximum absolute atomic E-state index is 14.8. The van der Waals surface area contributed by atoms with Crippen molar-refractivity contribution in [3.8, 4) is 6.07 Å². The van der Waals surface area contributed by atoms with Gasteiger partial charge in [-0.2, -0.15) is 5.26 Å². The molecule has 3 unspecified atom stereocenters. The highest BCUT2D eigenvalue weighted by Crippen LogP contribution is 2.38. The van der Waals surface area contributed by atoms with Crippen molar-refractivity contribution in [3.63, 3.8) is 0 Å². The Kier molecular flexibility index (Phi) is 9.37. The number of aliphatic hydroxyl groups is 1. The predicted molar refractivity (Wildman–Crippen MR) is 134 cm³/mol. The van der Waals surface area contributed by atoms with E-state index in [1.165, 1.54) is 19.3 Å². The number of allylic oxidation sites excluding steroid dienone is 8. The molecule has 1 fully saturated rings. The smallest absolute Gasteiger partial charge is 0.142 e. The summed E-state index contributed by atoms with van der Waals surface area (Å²) in [6, 6.07) is 2.03. The minimum absolute atomic E-state index is 0.0186. The van der Waals surface area contributed by atoms with Crippen molar-refractivity contribution in [2.45, 2.75) is 37.9 Å². The van der Waals surface area contributed by atoms with Crippen molar-refractivity contribution >= 4 is 0 Å². The Labute approximate surface area is 211 Å². The summed E-state index contributed by atoms with van der Waals surface area (Å²) in [7, 11) is 5.07. The number of ether oxygens (including phenoxy) is 1. The number of likely N-dealkylation sites (N-methyl/N-ethyl adjacent to an activating group) is 2. The van der Waals surface area contributed by atoms with Crippen LogP contribution in [0.5, 0.6) is 0 Å². The molecule has 36 heavy (non-hydrogen) atoms. The predicted octanol–water partition coefficient (Wildman–Crippen LogP) is 2.85. The maximum Gasteiger partial charge on any atom is 0.142 e. The Morgan fingerprint density at radius 2 is 2.17 bits per heavy atom. The molecular weight excluding hydrogens is 466 g/mol. The summed E-state index contributed by atoms with van der Waals surface area (Å²) in [5.41, 5.74) is 7.69. The van der Waals surface area contributed by atoms with Gasteiger partial charge >= 0.3 is 0 Å². The number of nitrogens with one attached hydrogen (secondary N) is 1. The maximum atomic E-state index is 14.8. The molecule has 194 valence electrons. The zero-order valence-electron chi connectivity index (χ0n) is 20.9. The van der Waals surface area contributed by atoms with E-state index in [0.717, 1.165) is 0 Å². The first-order chi connectivity index (χ1) is 17.2. The molecule has 3 rings (SSSR count). The molecule has 0 aromatic rings. The van der Waals surface area contributed by atoms with E-state index < -0.39 is 24.2 Å². The molecule has 4 N–H and O–H groups in total. The first-order valence-electron chi connectivity index (χ1n) is 11.7. The lowest BCUT2D eigenvalue weighted by Crippen LogP contribution is -2.66. The van der Waals surface area contributed by atoms with E-state index in [9.17, 15) is 13.9 Å². The first kappa shape index (κ1) is 27.5. The van der Waals surface area contributed by atoms with E-state index in [1.54, 1.807) is 36.3 Å². The molecule has 0 amide bonds. The van der Waals surface area contributed by atoms with Crippen molar-refractivity contribution < 1.29 is 18.6 Å². The molecule has 0 saturated carbocycles. The van der Waals surface area contributed by atoms with E-state index in [4.69, 9.17) is 15.7 Å². The highest BCUT2D eigenvalue weighted by atomic mass is 19.1. The second kappa shape index (κ2) is 12.3. The Morgan fingerprint density at radius 3 is 2.78 bits per heavy atom. The minimum atomic E-state index is -1.16. The van der Waals surface area contributed by atoms with Crippen LogP contribution in [0.25, 0.3) is 0 Å². The standard InChI is InChI=1S/C26H34F2N6O2/c1-17(27)13-19(7-5-6-11-29)24-23(18-8-9-21(36-4)15-20(28)14-18)25(35)33(3)26(32(24)2)34-12-10-22(30)31-16-34/h5,7-9,13-14,22,25-26,31,35H,1,6,10,12,15-16,30H2,2-4H3/b7-5-,19-13+. The molecule has 0 spiro atoms. The third kappa shape index (κ3) is 6.19. The van der Waals surface area contributed by atoms with Gasteiger partial charge in [-0.05, 0) is 37.3 Å². The lowest BCUT2D eigenvalue weighted by molar-refractivity contribution is -0.120. The zero-order chi connectivity index (χ0) is 26.4. The molecule has 0 bridgehead atoms. The summed E-state index contributed by atoms with van der Waals surface area (Å²) < 4.78 is 34.2. The summed E-state index contributed by atoms with van der Waals surface area (Å²) in [6.45, 7) is 4.52. The zero-order valence-corrected chi connectivity index (χ0v) is 20.9. The Morgan fingerprint density at radius 1 is 1.42 bits per heavy atom. The number of nitrogens with zero attached hydrogens (tertiary/aromatic N) is 4. The monoisotopic (exact) mass is 500 g/mol. The molecule has 2 heterocycles. The van der Waals surface area contributed by atoms with Crippen molar-refractivity contribution in [3.05, 3.63) is 82.9 Å². The van der Waals surface area contributed by atoms with E-state index in [1.807, 2.05) is 18.0 Å². The van der Waals surface area contributed by atoms with E-state index >= 15 is 0 Å². The Bertz CT molecular complexity index is 1080. The first-order valence-corrected chi connectivity index (χ1v) is 11.7. The van der Waals surface area contributed by atoms with Gasteiger partial charge in [-0.15, -0.1) is 0 Å². The van der Waals surface area contributed by atoms with Crippen molar-refractivity contribution in [2.75, 3.05) is 34.4 Å². The van der Waals surface area contributed by atoms with Crippen LogP contribution in [0.15, 0.2) is 82.9 Å². The normalized spacial score (nSPS) is 26.8. The summed E-state index contributed by atoms with van der Waals surface area (Å²) in [5, 5.41) is 23.8. The summed E-state index contributed by atoms with van der Waals surface area (Å²) >= 11 is 0. The van der Waals surface area contributed by atoms with Crippen molar-refractivity contribution in [2.24, 2.45) is 5.73 Å². The molecule has 0 radical (unpaired) electrons. The van der Waals surface area contributed by atoms with Gasteiger partial charge in [0, 0.05) is 24.7 Å².